The minimum atomic E-state index is -0.990. The molecule has 0 bridgehead atoms. The molecule has 3 heterocycles. The number of furan rings is 1. The zero-order valence-electron chi connectivity index (χ0n) is 16.7. The summed E-state index contributed by atoms with van der Waals surface area (Å²) in [5.41, 5.74) is -0.727. The van der Waals surface area contributed by atoms with E-state index in [1.807, 2.05) is 13.8 Å². The van der Waals surface area contributed by atoms with E-state index in [1.165, 1.54) is 6.26 Å². The van der Waals surface area contributed by atoms with Gasteiger partial charge in [-0.2, -0.15) is 0 Å². The van der Waals surface area contributed by atoms with Crippen molar-refractivity contribution in [3.63, 3.8) is 0 Å². The molecule has 154 valence electrons. The lowest BCUT2D eigenvalue weighted by Gasteiger charge is -2.46. The Morgan fingerprint density at radius 1 is 1.36 bits per heavy atom. The smallest absolute Gasteiger partial charge is 0.326 e. The van der Waals surface area contributed by atoms with E-state index in [2.05, 4.69) is 5.32 Å². The summed E-state index contributed by atoms with van der Waals surface area (Å²) in [4.78, 5) is 40.8. The Kier molecular flexibility index (Phi) is 5.79. The molecular formula is C20H29N3O5. The fourth-order valence-corrected chi connectivity index (χ4v) is 4.41. The second-order valence-electron chi connectivity index (χ2n) is 8.10. The van der Waals surface area contributed by atoms with Crippen LogP contribution in [0.5, 0.6) is 0 Å². The van der Waals surface area contributed by atoms with E-state index in [-0.39, 0.29) is 23.6 Å². The molecule has 2 saturated heterocycles. The molecule has 28 heavy (non-hydrogen) atoms. The Hall–Kier alpha value is -2.35. The largest absolute Gasteiger partial charge is 0.480 e. The fourth-order valence-electron chi connectivity index (χ4n) is 4.41. The van der Waals surface area contributed by atoms with Crippen LogP contribution in [0.4, 0.5) is 0 Å². The van der Waals surface area contributed by atoms with Gasteiger partial charge in [-0.3, -0.25) is 14.9 Å². The normalized spacial score (nSPS) is 22.9. The van der Waals surface area contributed by atoms with Crippen LogP contribution in [0.25, 0.3) is 0 Å². The Labute approximate surface area is 164 Å². The van der Waals surface area contributed by atoms with Crippen molar-refractivity contribution in [3.8, 4) is 0 Å². The zero-order valence-corrected chi connectivity index (χ0v) is 16.7. The van der Waals surface area contributed by atoms with Crippen LogP contribution < -0.4 is 5.32 Å². The number of carboxylic acids is 1. The molecule has 0 saturated carbocycles. The predicted octanol–water partition coefficient (Wildman–Crippen LogP) is 1.92. The maximum absolute atomic E-state index is 13.1. The number of hydrogen-bond acceptors (Lipinski definition) is 5. The molecule has 3 rings (SSSR count). The number of hydrogen-bond donors (Lipinski definition) is 2. The van der Waals surface area contributed by atoms with Crippen LogP contribution in [0.15, 0.2) is 22.8 Å². The van der Waals surface area contributed by atoms with Crippen LogP contribution in [0.2, 0.25) is 0 Å². The lowest BCUT2D eigenvalue weighted by molar-refractivity contribution is -0.154. The lowest BCUT2D eigenvalue weighted by Crippen LogP contribution is -2.63. The molecule has 2 atom stereocenters. The van der Waals surface area contributed by atoms with Gasteiger partial charge in [0.15, 0.2) is 5.76 Å². The van der Waals surface area contributed by atoms with Crippen molar-refractivity contribution in [2.24, 2.45) is 5.92 Å². The number of likely N-dealkylation sites (tertiary alicyclic amines) is 1. The minimum Gasteiger partial charge on any atom is -0.480 e. The maximum atomic E-state index is 13.1. The summed E-state index contributed by atoms with van der Waals surface area (Å²) in [6, 6.07) is 2.05. The molecular weight excluding hydrogens is 362 g/mol. The summed E-state index contributed by atoms with van der Waals surface area (Å²) >= 11 is 0. The summed E-state index contributed by atoms with van der Waals surface area (Å²) in [7, 11) is 0. The number of rotatable bonds is 6. The predicted molar refractivity (Wildman–Crippen MR) is 102 cm³/mol. The van der Waals surface area contributed by atoms with E-state index < -0.39 is 17.7 Å². The van der Waals surface area contributed by atoms with Gasteiger partial charge in [-0.25, -0.2) is 4.79 Å². The van der Waals surface area contributed by atoms with Crippen molar-refractivity contribution < 1.29 is 23.9 Å². The highest BCUT2D eigenvalue weighted by Gasteiger charge is 2.55. The first-order chi connectivity index (χ1) is 13.3. The molecule has 1 spiro atoms. The van der Waals surface area contributed by atoms with E-state index in [4.69, 9.17) is 4.42 Å². The van der Waals surface area contributed by atoms with Gasteiger partial charge in [-0.15, -0.1) is 0 Å². The molecule has 0 aromatic carbocycles. The van der Waals surface area contributed by atoms with E-state index >= 15 is 0 Å². The Bertz CT molecular complexity index is 722. The second-order valence-corrected chi connectivity index (χ2v) is 8.10. The van der Waals surface area contributed by atoms with Gasteiger partial charge in [-0.05, 0) is 30.9 Å². The molecule has 1 aromatic heterocycles. The van der Waals surface area contributed by atoms with Crippen molar-refractivity contribution in [1.29, 1.82) is 0 Å². The third-order valence-electron chi connectivity index (χ3n) is 5.74. The number of carbonyl (C=O) groups excluding carboxylic acids is 2. The lowest BCUT2D eigenvalue weighted by atomic mass is 9.93. The van der Waals surface area contributed by atoms with E-state index in [0.717, 1.165) is 0 Å². The highest BCUT2D eigenvalue weighted by atomic mass is 16.4. The third-order valence-corrected chi connectivity index (χ3v) is 5.74. The van der Waals surface area contributed by atoms with Crippen molar-refractivity contribution in [2.45, 2.75) is 64.2 Å². The van der Waals surface area contributed by atoms with Crippen LogP contribution in [0, 0.1) is 5.92 Å². The Balaban J connectivity index is 1.82. The number of nitrogens with zero attached hydrogens (tertiary/aromatic N) is 2. The number of aliphatic carboxylic acids is 1. The highest BCUT2D eigenvalue weighted by molar-refractivity contribution is 5.92. The first-order valence-corrected chi connectivity index (χ1v) is 9.95. The summed E-state index contributed by atoms with van der Waals surface area (Å²) in [5, 5.41) is 13.2. The van der Waals surface area contributed by atoms with Crippen LogP contribution in [-0.4, -0.2) is 63.5 Å². The molecule has 1 aromatic rings. The zero-order chi connectivity index (χ0) is 20.5. The van der Waals surface area contributed by atoms with Crippen molar-refractivity contribution in [1.82, 2.24) is 15.1 Å². The molecule has 2 amide bonds. The monoisotopic (exact) mass is 391 g/mol. The molecule has 8 nitrogen and oxygen atoms in total. The number of carboxylic acid groups (broad SMARTS) is 1. The molecule has 2 unspecified atom stereocenters. The fraction of sp³-hybridized carbons (Fsp3) is 0.650. The van der Waals surface area contributed by atoms with Gasteiger partial charge in [0.05, 0.1) is 18.0 Å². The number of amides is 2. The summed E-state index contributed by atoms with van der Waals surface area (Å²) in [5.74, 6) is -0.716. The molecule has 0 radical (unpaired) electrons. The molecule has 2 fully saturated rings. The summed E-state index contributed by atoms with van der Waals surface area (Å²) in [6.45, 7) is 6.74. The summed E-state index contributed by atoms with van der Waals surface area (Å²) < 4.78 is 5.20. The Morgan fingerprint density at radius 2 is 2.04 bits per heavy atom. The summed E-state index contributed by atoms with van der Waals surface area (Å²) in [6.07, 6.45) is 3.44. The second kappa shape index (κ2) is 7.95. The van der Waals surface area contributed by atoms with Crippen LogP contribution in [0.1, 0.15) is 57.0 Å². The number of piperidine rings is 1. The van der Waals surface area contributed by atoms with E-state index in [0.29, 0.717) is 44.7 Å². The van der Waals surface area contributed by atoms with Crippen LogP contribution >= 0.6 is 0 Å². The molecule has 8 heteroatoms. The maximum Gasteiger partial charge on any atom is 0.326 e. The highest BCUT2D eigenvalue weighted by Crippen LogP contribution is 2.36. The van der Waals surface area contributed by atoms with Gasteiger partial charge in [0.1, 0.15) is 6.04 Å². The average molecular weight is 391 g/mol. The van der Waals surface area contributed by atoms with Crippen molar-refractivity contribution in [3.05, 3.63) is 24.2 Å². The molecule has 2 aliphatic rings. The SMILES string of the molecule is CCC(C(=O)O)N1C(=O)C(CC(C)C)NC12CCN(C(=O)c1ccco1)CC2. The number of carbonyl (C=O) groups is 3. The molecule has 2 aliphatic heterocycles. The average Bonchev–Trinajstić information content (AvgIpc) is 3.26. The standard InChI is InChI=1S/C20H29N3O5/c1-4-15(19(26)27)23-17(24)14(12-13(2)3)21-20(23)7-9-22(10-8-20)18(25)16-6-5-11-28-16/h5-6,11,13-15,21H,4,7-10,12H2,1-3H3,(H,26,27). The van der Waals surface area contributed by atoms with Gasteiger partial charge in [0.25, 0.3) is 5.91 Å². The topological polar surface area (TPSA) is 103 Å². The van der Waals surface area contributed by atoms with E-state index in [9.17, 15) is 19.5 Å². The quantitative estimate of drug-likeness (QED) is 0.768. The first-order valence-electron chi connectivity index (χ1n) is 9.95. The molecule has 2 N–H and O–H groups in total. The van der Waals surface area contributed by atoms with Gasteiger partial charge < -0.3 is 19.3 Å². The van der Waals surface area contributed by atoms with Gasteiger partial charge in [-0.1, -0.05) is 20.8 Å². The number of nitrogens with one attached hydrogen (secondary N) is 1. The minimum absolute atomic E-state index is 0.145. The van der Waals surface area contributed by atoms with Crippen LogP contribution in [0.3, 0.4) is 0 Å². The Morgan fingerprint density at radius 3 is 2.54 bits per heavy atom. The van der Waals surface area contributed by atoms with Gasteiger partial charge >= 0.3 is 5.97 Å². The first kappa shape index (κ1) is 20.4. The van der Waals surface area contributed by atoms with Gasteiger partial charge in [0, 0.05) is 25.9 Å². The van der Waals surface area contributed by atoms with Crippen LogP contribution in [-0.2, 0) is 9.59 Å². The van der Waals surface area contributed by atoms with Gasteiger partial charge in [0.2, 0.25) is 5.91 Å². The third kappa shape index (κ3) is 3.65. The van der Waals surface area contributed by atoms with Crippen molar-refractivity contribution >= 4 is 17.8 Å². The van der Waals surface area contributed by atoms with Crippen molar-refractivity contribution in [2.75, 3.05) is 13.1 Å². The van der Waals surface area contributed by atoms with E-state index in [1.54, 1.807) is 28.9 Å². The molecule has 0 aliphatic carbocycles.